The van der Waals surface area contributed by atoms with E-state index in [-0.39, 0.29) is 0 Å². The number of hydrogen-bond acceptors (Lipinski definition) is 3. The Morgan fingerprint density at radius 3 is 2.78 bits per heavy atom. The van der Waals surface area contributed by atoms with Crippen LogP contribution in [0.25, 0.3) is 0 Å². The SMILES string of the molecule is CCN(C(=O)CN1CCCC(CCN)C1)C1CC1. The fourth-order valence-electron chi connectivity index (χ4n) is 3.07. The van der Waals surface area contributed by atoms with E-state index in [1.807, 2.05) is 0 Å². The van der Waals surface area contributed by atoms with Crippen LogP contribution in [0.15, 0.2) is 0 Å². The zero-order chi connectivity index (χ0) is 13.0. The summed E-state index contributed by atoms with van der Waals surface area (Å²) in [4.78, 5) is 16.6. The fraction of sp³-hybridized carbons (Fsp3) is 0.929. The lowest BCUT2D eigenvalue weighted by Crippen LogP contribution is -2.45. The standard InChI is InChI=1S/C14H27N3O/c1-2-17(13-5-6-13)14(18)11-16-9-3-4-12(10-16)7-8-15/h12-13H,2-11,15H2,1H3. The van der Waals surface area contributed by atoms with Crippen molar-refractivity contribution in [2.45, 2.75) is 45.1 Å². The average Bonchev–Trinajstić information content (AvgIpc) is 3.15. The number of carbonyl (C=O) groups is 1. The Morgan fingerprint density at radius 2 is 2.17 bits per heavy atom. The summed E-state index contributed by atoms with van der Waals surface area (Å²) in [6.45, 7) is 6.48. The second-order valence-electron chi connectivity index (χ2n) is 5.73. The topological polar surface area (TPSA) is 49.6 Å². The zero-order valence-corrected chi connectivity index (χ0v) is 11.6. The number of likely N-dealkylation sites (N-methyl/N-ethyl adjacent to an activating group) is 1. The van der Waals surface area contributed by atoms with Gasteiger partial charge in [-0.05, 0) is 58.0 Å². The Labute approximate surface area is 110 Å². The summed E-state index contributed by atoms with van der Waals surface area (Å²) in [5.74, 6) is 1.03. The monoisotopic (exact) mass is 253 g/mol. The van der Waals surface area contributed by atoms with Crippen molar-refractivity contribution in [2.75, 3.05) is 32.7 Å². The van der Waals surface area contributed by atoms with Crippen molar-refractivity contribution in [3.05, 3.63) is 0 Å². The van der Waals surface area contributed by atoms with Crippen LogP contribution >= 0.6 is 0 Å². The third-order valence-electron chi connectivity index (χ3n) is 4.19. The predicted molar refractivity (Wildman–Crippen MR) is 73.2 cm³/mol. The van der Waals surface area contributed by atoms with E-state index < -0.39 is 0 Å². The van der Waals surface area contributed by atoms with E-state index in [2.05, 4.69) is 16.7 Å². The minimum atomic E-state index is 0.327. The quantitative estimate of drug-likeness (QED) is 0.770. The lowest BCUT2D eigenvalue weighted by atomic mass is 9.95. The van der Waals surface area contributed by atoms with Crippen LogP contribution in [0.2, 0.25) is 0 Å². The highest BCUT2D eigenvalue weighted by atomic mass is 16.2. The molecule has 0 aromatic carbocycles. The highest BCUT2D eigenvalue weighted by Crippen LogP contribution is 2.27. The molecule has 1 saturated heterocycles. The number of nitrogens with two attached hydrogens (primary N) is 1. The van der Waals surface area contributed by atoms with Crippen molar-refractivity contribution in [2.24, 2.45) is 11.7 Å². The van der Waals surface area contributed by atoms with Gasteiger partial charge >= 0.3 is 0 Å². The number of carbonyl (C=O) groups excluding carboxylic acids is 1. The summed E-state index contributed by atoms with van der Waals surface area (Å²) in [6, 6.07) is 0.548. The zero-order valence-electron chi connectivity index (χ0n) is 11.6. The number of piperidine rings is 1. The van der Waals surface area contributed by atoms with Gasteiger partial charge in [0.25, 0.3) is 0 Å². The van der Waals surface area contributed by atoms with Gasteiger partial charge in [-0.15, -0.1) is 0 Å². The maximum Gasteiger partial charge on any atom is 0.236 e. The Bertz CT molecular complexity index is 276. The molecule has 1 saturated carbocycles. The normalized spacial score (nSPS) is 25.1. The van der Waals surface area contributed by atoms with Gasteiger partial charge in [-0.3, -0.25) is 9.69 Å². The van der Waals surface area contributed by atoms with E-state index in [9.17, 15) is 4.79 Å². The summed E-state index contributed by atoms with van der Waals surface area (Å²) in [7, 11) is 0. The van der Waals surface area contributed by atoms with Crippen molar-refractivity contribution in [3.8, 4) is 0 Å². The van der Waals surface area contributed by atoms with Gasteiger partial charge in [0.15, 0.2) is 0 Å². The molecule has 2 aliphatic rings. The molecular formula is C14H27N3O. The maximum atomic E-state index is 12.2. The van der Waals surface area contributed by atoms with Crippen LogP contribution in [0.3, 0.4) is 0 Å². The van der Waals surface area contributed by atoms with E-state index >= 15 is 0 Å². The van der Waals surface area contributed by atoms with Gasteiger partial charge in [-0.2, -0.15) is 0 Å². The summed E-state index contributed by atoms with van der Waals surface area (Å²) in [6.07, 6.45) is 6.01. The van der Waals surface area contributed by atoms with Crippen molar-refractivity contribution in [3.63, 3.8) is 0 Å². The number of hydrogen-bond donors (Lipinski definition) is 1. The smallest absolute Gasteiger partial charge is 0.236 e. The summed E-state index contributed by atoms with van der Waals surface area (Å²) >= 11 is 0. The van der Waals surface area contributed by atoms with Crippen molar-refractivity contribution >= 4 is 5.91 Å². The van der Waals surface area contributed by atoms with E-state index in [1.54, 1.807) is 0 Å². The van der Waals surface area contributed by atoms with Crippen molar-refractivity contribution < 1.29 is 4.79 Å². The molecule has 0 bridgehead atoms. The third-order valence-corrected chi connectivity index (χ3v) is 4.19. The molecule has 4 heteroatoms. The second-order valence-corrected chi connectivity index (χ2v) is 5.73. The Hall–Kier alpha value is -0.610. The second kappa shape index (κ2) is 6.53. The highest BCUT2D eigenvalue weighted by Gasteiger charge is 2.32. The van der Waals surface area contributed by atoms with Gasteiger partial charge in [0.2, 0.25) is 5.91 Å². The largest absolute Gasteiger partial charge is 0.339 e. The van der Waals surface area contributed by atoms with Gasteiger partial charge < -0.3 is 10.6 Å². The van der Waals surface area contributed by atoms with E-state index in [0.29, 0.717) is 24.4 Å². The van der Waals surface area contributed by atoms with Gasteiger partial charge in [0.1, 0.15) is 0 Å². The van der Waals surface area contributed by atoms with Gasteiger partial charge in [-0.1, -0.05) is 0 Å². The van der Waals surface area contributed by atoms with E-state index in [1.165, 1.54) is 25.7 Å². The molecule has 1 amide bonds. The first-order valence-corrected chi connectivity index (χ1v) is 7.46. The molecule has 1 aliphatic heterocycles. The minimum absolute atomic E-state index is 0.327. The Kier molecular flexibility index (Phi) is 5.01. The number of rotatable bonds is 6. The van der Waals surface area contributed by atoms with Gasteiger partial charge in [-0.25, -0.2) is 0 Å². The number of amides is 1. The summed E-state index contributed by atoms with van der Waals surface area (Å²) in [5.41, 5.74) is 5.63. The van der Waals surface area contributed by atoms with Crippen molar-refractivity contribution in [1.29, 1.82) is 0 Å². The van der Waals surface area contributed by atoms with Crippen LogP contribution in [0.1, 0.15) is 39.0 Å². The molecule has 2 fully saturated rings. The molecule has 1 aliphatic carbocycles. The molecule has 0 radical (unpaired) electrons. The minimum Gasteiger partial charge on any atom is -0.339 e. The van der Waals surface area contributed by atoms with Crippen LogP contribution in [0.5, 0.6) is 0 Å². The van der Waals surface area contributed by atoms with Crippen LogP contribution in [-0.4, -0.2) is 54.5 Å². The molecule has 104 valence electrons. The number of nitrogens with zero attached hydrogens (tertiary/aromatic N) is 2. The third kappa shape index (κ3) is 3.69. The average molecular weight is 253 g/mol. The molecular weight excluding hydrogens is 226 g/mol. The summed E-state index contributed by atoms with van der Waals surface area (Å²) < 4.78 is 0. The van der Waals surface area contributed by atoms with Crippen LogP contribution in [-0.2, 0) is 4.79 Å². The molecule has 0 spiro atoms. The first-order valence-electron chi connectivity index (χ1n) is 7.46. The molecule has 0 aromatic rings. The molecule has 2 rings (SSSR count). The van der Waals surface area contributed by atoms with E-state index in [0.717, 1.165) is 32.6 Å². The van der Waals surface area contributed by atoms with Crippen LogP contribution < -0.4 is 5.73 Å². The fourth-order valence-corrected chi connectivity index (χ4v) is 3.07. The van der Waals surface area contributed by atoms with E-state index in [4.69, 9.17) is 5.73 Å². The molecule has 1 atom stereocenters. The highest BCUT2D eigenvalue weighted by molar-refractivity contribution is 5.78. The number of likely N-dealkylation sites (tertiary alicyclic amines) is 1. The maximum absolute atomic E-state index is 12.2. The van der Waals surface area contributed by atoms with Crippen LogP contribution in [0, 0.1) is 5.92 Å². The first kappa shape index (κ1) is 13.8. The molecule has 18 heavy (non-hydrogen) atoms. The van der Waals surface area contributed by atoms with Gasteiger partial charge in [0, 0.05) is 19.1 Å². The lowest BCUT2D eigenvalue weighted by Gasteiger charge is -2.33. The Balaban J connectivity index is 1.78. The molecule has 2 N–H and O–H groups in total. The Morgan fingerprint density at radius 1 is 1.39 bits per heavy atom. The molecule has 4 nitrogen and oxygen atoms in total. The lowest BCUT2D eigenvalue weighted by molar-refractivity contribution is -0.133. The molecule has 1 unspecified atom stereocenters. The summed E-state index contributed by atoms with van der Waals surface area (Å²) in [5, 5.41) is 0. The molecule has 0 aromatic heterocycles. The van der Waals surface area contributed by atoms with Crippen LogP contribution in [0.4, 0.5) is 0 Å². The van der Waals surface area contributed by atoms with Crippen molar-refractivity contribution in [1.82, 2.24) is 9.80 Å². The first-order chi connectivity index (χ1) is 8.74. The molecule has 1 heterocycles. The van der Waals surface area contributed by atoms with Gasteiger partial charge in [0.05, 0.1) is 6.54 Å². The predicted octanol–water partition coefficient (Wildman–Crippen LogP) is 1.06.